The van der Waals surface area contributed by atoms with Gasteiger partial charge in [-0.25, -0.2) is 4.39 Å². The number of hydrogen-bond donors (Lipinski definition) is 0. The number of aryl methyl sites for hydroxylation is 2. The van der Waals surface area contributed by atoms with Crippen LogP contribution in [0.4, 0.5) is 30.7 Å². The van der Waals surface area contributed by atoms with E-state index in [1.807, 2.05) is 19.1 Å². The van der Waals surface area contributed by atoms with Crippen LogP contribution < -0.4 is 0 Å². The number of halogens is 7. The lowest BCUT2D eigenvalue weighted by molar-refractivity contribution is -0.143. The number of fused-ring (bicyclic) bond motifs is 1. The van der Waals surface area contributed by atoms with Gasteiger partial charge in [-0.1, -0.05) is 18.2 Å². The van der Waals surface area contributed by atoms with Crippen LogP contribution in [-0.4, -0.2) is 11.1 Å². The quantitative estimate of drug-likeness (QED) is 0.343. The second kappa shape index (κ2) is 9.26. The summed E-state index contributed by atoms with van der Waals surface area (Å²) in [5, 5.41) is 0. The van der Waals surface area contributed by atoms with Gasteiger partial charge in [-0.05, 0) is 79.8 Å². The monoisotopic (exact) mass is 497 g/mol. The van der Waals surface area contributed by atoms with Gasteiger partial charge in [0, 0.05) is 17.3 Å². The molecule has 35 heavy (non-hydrogen) atoms. The SMILES string of the molecule is Cc1ccc2c(n1)CC[C@@H](OC(C)c1cc(C(F)(F)F)cc(C(F)(F)F)c1)[C@@H]2c1ccc(F)cc1. The molecule has 1 aliphatic rings. The molecule has 3 atom stereocenters. The predicted molar refractivity (Wildman–Crippen MR) is 115 cm³/mol. The van der Waals surface area contributed by atoms with Gasteiger partial charge in [0.25, 0.3) is 0 Å². The van der Waals surface area contributed by atoms with Crippen LogP contribution in [-0.2, 0) is 23.5 Å². The van der Waals surface area contributed by atoms with Crippen molar-refractivity contribution in [2.45, 2.75) is 57.2 Å². The van der Waals surface area contributed by atoms with Crippen molar-refractivity contribution in [3.05, 3.63) is 99.6 Å². The summed E-state index contributed by atoms with van der Waals surface area (Å²) in [7, 11) is 0. The lowest BCUT2D eigenvalue weighted by atomic mass is 9.78. The normalized spacial score (nSPS) is 19.3. The minimum absolute atomic E-state index is 0.0996. The van der Waals surface area contributed by atoms with Gasteiger partial charge >= 0.3 is 12.4 Å². The molecule has 0 radical (unpaired) electrons. The first-order valence-corrected chi connectivity index (χ1v) is 11.0. The maximum Gasteiger partial charge on any atom is 0.416 e. The van der Waals surface area contributed by atoms with Crippen molar-refractivity contribution in [3.63, 3.8) is 0 Å². The van der Waals surface area contributed by atoms with Gasteiger partial charge in [0.05, 0.1) is 23.3 Å². The van der Waals surface area contributed by atoms with Gasteiger partial charge in [-0.15, -0.1) is 0 Å². The zero-order valence-electron chi connectivity index (χ0n) is 18.8. The molecule has 2 nitrogen and oxygen atoms in total. The van der Waals surface area contributed by atoms with E-state index in [4.69, 9.17) is 4.74 Å². The molecular formula is C26H22F7NO. The van der Waals surface area contributed by atoms with Crippen molar-refractivity contribution in [2.75, 3.05) is 0 Å². The summed E-state index contributed by atoms with van der Waals surface area (Å²) < 4.78 is 99.7. The van der Waals surface area contributed by atoms with Crippen LogP contribution in [0.3, 0.4) is 0 Å². The first-order chi connectivity index (χ1) is 16.3. The van der Waals surface area contributed by atoms with Gasteiger partial charge in [0.2, 0.25) is 0 Å². The minimum Gasteiger partial charge on any atom is -0.370 e. The van der Waals surface area contributed by atoms with E-state index in [9.17, 15) is 30.7 Å². The Morgan fingerprint density at radius 3 is 2.06 bits per heavy atom. The number of rotatable bonds is 4. The molecule has 4 rings (SSSR count). The van der Waals surface area contributed by atoms with Crippen LogP contribution in [0.25, 0.3) is 0 Å². The summed E-state index contributed by atoms with van der Waals surface area (Å²) in [4.78, 5) is 4.58. The van der Waals surface area contributed by atoms with E-state index in [-0.39, 0.29) is 11.6 Å². The van der Waals surface area contributed by atoms with E-state index in [2.05, 4.69) is 4.98 Å². The molecule has 9 heteroatoms. The third-order valence-electron chi connectivity index (χ3n) is 6.21. The average molecular weight is 497 g/mol. The fourth-order valence-electron chi connectivity index (χ4n) is 4.52. The largest absolute Gasteiger partial charge is 0.416 e. The van der Waals surface area contributed by atoms with E-state index in [1.54, 1.807) is 12.1 Å². The van der Waals surface area contributed by atoms with Crippen LogP contribution in [0.5, 0.6) is 0 Å². The molecular weight excluding hydrogens is 475 g/mol. The molecule has 0 fully saturated rings. The third kappa shape index (κ3) is 5.50. The Labute approximate surface area is 197 Å². The molecule has 0 spiro atoms. The molecule has 0 saturated heterocycles. The van der Waals surface area contributed by atoms with Crippen LogP contribution in [0.1, 0.15) is 64.6 Å². The lowest BCUT2D eigenvalue weighted by Gasteiger charge is -2.35. The van der Waals surface area contributed by atoms with Crippen LogP contribution in [0.15, 0.2) is 54.6 Å². The highest BCUT2D eigenvalue weighted by molar-refractivity contribution is 5.40. The van der Waals surface area contributed by atoms with Crippen LogP contribution in [0.2, 0.25) is 0 Å². The summed E-state index contributed by atoms with van der Waals surface area (Å²) in [5.41, 5.74) is 0.213. The lowest BCUT2D eigenvalue weighted by Crippen LogP contribution is -2.31. The highest BCUT2D eigenvalue weighted by Crippen LogP contribution is 2.42. The smallest absolute Gasteiger partial charge is 0.370 e. The van der Waals surface area contributed by atoms with Gasteiger partial charge in [0.1, 0.15) is 5.82 Å². The van der Waals surface area contributed by atoms with Gasteiger partial charge < -0.3 is 4.74 Å². The highest BCUT2D eigenvalue weighted by Gasteiger charge is 2.38. The fourth-order valence-corrected chi connectivity index (χ4v) is 4.52. The number of benzene rings is 2. The van der Waals surface area contributed by atoms with E-state index in [0.29, 0.717) is 25.0 Å². The van der Waals surface area contributed by atoms with E-state index >= 15 is 0 Å². The van der Waals surface area contributed by atoms with E-state index in [0.717, 1.165) is 22.5 Å². The molecule has 0 saturated carbocycles. The van der Waals surface area contributed by atoms with Gasteiger partial charge in [0.15, 0.2) is 0 Å². The van der Waals surface area contributed by atoms with Crippen molar-refractivity contribution in [1.82, 2.24) is 4.98 Å². The molecule has 186 valence electrons. The van der Waals surface area contributed by atoms with Crippen LogP contribution >= 0.6 is 0 Å². The molecule has 0 N–H and O–H groups in total. The first kappa shape index (κ1) is 25.2. The Bertz CT molecular complexity index is 1170. The average Bonchev–Trinajstić information content (AvgIpc) is 2.78. The van der Waals surface area contributed by atoms with Gasteiger partial charge in [-0.2, -0.15) is 26.3 Å². The molecule has 0 amide bonds. The second-order valence-electron chi connectivity index (χ2n) is 8.71. The summed E-state index contributed by atoms with van der Waals surface area (Å²) in [5.74, 6) is -0.843. The first-order valence-electron chi connectivity index (χ1n) is 11.0. The summed E-state index contributed by atoms with van der Waals surface area (Å²) in [6.07, 6.45) is -10.6. The number of nitrogens with zero attached hydrogens (tertiary/aromatic N) is 1. The van der Waals surface area contributed by atoms with Crippen molar-refractivity contribution in [2.24, 2.45) is 0 Å². The number of hydrogen-bond acceptors (Lipinski definition) is 2. The van der Waals surface area contributed by atoms with E-state index in [1.165, 1.54) is 19.1 Å². The Hall–Kier alpha value is -2.94. The Morgan fingerprint density at radius 1 is 0.886 bits per heavy atom. The number of alkyl halides is 6. The molecule has 1 heterocycles. The standard InChI is InChI=1S/C26H22F7NO/c1-14-3-8-21-22(34-14)9-10-23(24(21)16-4-6-20(27)7-5-16)35-15(2)17-11-18(25(28,29)30)13-19(12-17)26(31,32)33/h3-8,11-13,15,23-24H,9-10H2,1-2H3/t15?,23-,24-/m1/s1. The molecule has 2 aromatic carbocycles. The summed E-state index contributed by atoms with van der Waals surface area (Å²) in [6, 6.07) is 11.0. The summed E-state index contributed by atoms with van der Waals surface area (Å²) in [6.45, 7) is 3.28. The van der Waals surface area contributed by atoms with Crippen molar-refractivity contribution >= 4 is 0 Å². The molecule has 3 aromatic rings. The molecule has 1 unspecified atom stereocenters. The molecule has 0 bridgehead atoms. The van der Waals surface area contributed by atoms with Crippen molar-refractivity contribution in [3.8, 4) is 0 Å². The van der Waals surface area contributed by atoms with E-state index < -0.39 is 47.4 Å². The van der Waals surface area contributed by atoms with Gasteiger partial charge in [-0.3, -0.25) is 4.98 Å². The maximum absolute atomic E-state index is 13.6. The zero-order chi connectivity index (χ0) is 25.5. The minimum atomic E-state index is -4.94. The Balaban J connectivity index is 1.71. The highest BCUT2D eigenvalue weighted by atomic mass is 19.4. The third-order valence-corrected chi connectivity index (χ3v) is 6.21. The molecule has 1 aromatic heterocycles. The van der Waals surface area contributed by atoms with Crippen molar-refractivity contribution in [1.29, 1.82) is 0 Å². The Kier molecular flexibility index (Phi) is 6.66. The summed E-state index contributed by atoms with van der Waals surface area (Å²) >= 11 is 0. The topological polar surface area (TPSA) is 22.1 Å². The molecule has 1 aliphatic carbocycles. The zero-order valence-corrected chi connectivity index (χ0v) is 18.8. The van der Waals surface area contributed by atoms with Crippen LogP contribution in [0, 0.1) is 12.7 Å². The second-order valence-corrected chi connectivity index (χ2v) is 8.71. The maximum atomic E-state index is 13.6. The fraction of sp³-hybridized carbons (Fsp3) is 0.346. The van der Waals surface area contributed by atoms with Crippen molar-refractivity contribution < 1.29 is 35.5 Å². The number of ether oxygens (including phenoxy) is 1. The number of pyridine rings is 1. The number of aromatic nitrogens is 1. The predicted octanol–water partition coefficient (Wildman–Crippen LogP) is 7.79. The Morgan fingerprint density at radius 2 is 1.49 bits per heavy atom. The molecule has 0 aliphatic heterocycles.